The van der Waals surface area contributed by atoms with Crippen LogP contribution in [-0.2, 0) is 9.53 Å². The van der Waals surface area contributed by atoms with Gasteiger partial charge in [-0.2, -0.15) is 0 Å². The summed E-state index contributed by atoms with van der Waals surface area (Å²) in [5.74, 6) is -0.108. The Balaban J connectivity index is 2.57. The Hall–Kier alpha value is -0.830. The molecule has 15 heavy (non-hydrogen) atoms. The maximum Gasteiger partial charge on any atom is 0.307 e. The molecule has 3 nitrogen and oxygen atoms in total. The smallest absolute Gasteiger partial charge is 0.307 e. The minimum Gasteiger partial charge on any atom is -0.469 e. The lowest BCUT2D eigenvalue weighted by Crippen LogP contribution is -2.45. The summed E-state index contributed by atoms with van der Waals surface area (Å²) >= 11 is 0. The lowest BCUT2D eigenvalue weighted by molar-refractivity contribution is -0.142. The average Bonchev–Trinajstić information content (AvgIpc) is 2.28. The van der Waals surface area contributed by atoms with Gasteiger partial charge in [-0.3, -0.25) is 9.69 Å². The number of ether oxygens (including phenoxy) is 1. The van der Waals surface area contributed by atoms with Crippen LogP contribution in [-0.4, -0.2) is 36.6 Å². The van der Waals surface area contributed by atoms with Crippen LogP contribution in [0.5, 0.6) is 0 Å². The second-order valence-electron chi connectivity index (χ2n) is 4.14. The van der Waals surface area contributed by atoms with Crippen molar-refractivity contribution < 1.29 is 9.53 Å². The second-order valence-corrected chi connectivity index (χ2v) is 4.14. The van der Waals surface area contributed by atoms with E-state index >= 15 is 0 Å². The number of carbonyl (C=O) groups is 1. The van der Waals surface area contributed by atoms with E-state index in [0.717, 1.165) is 13.0 Å². The number of esters is 1. The molecule has 0 aromatic carbocycles. The fraction of sp³-hybridized carbons (Fsp3) is 0.750. The van der Waals surface area contributed by atoms with Gasteiger partial charge in [-0.25, -0.2) is 0 Å². The van der Waals surface area contributed by atoms with E-state index in [1.54, 1.807) is 0 Å². The molecule has 3 heteroatoms. The summed E-state index contributed by atoms with van der Waals surface area (Å²) < 4.78 is 4.72. The van der Waals surface area contributed by atoms with Gasteiger partial charge in [0.25, 0.3) is 0 Å². The van der Waals surface area contributed by atoms with Crippen molar-refractivity contribution in [2.45, 2.75) is 44.7 Å². The standard InChI is InChI=1S/C12H21NO2/c1-4-10(2)13-8-6-5-7-11(13)9-12(14)15-3/h4,10-11H,1,5-9H2,2-3H3. The normalized spacial score (nSPS) is 24.5. The Labute approximate surface area is 92.1 Å². The summed E-state index contributed by atoms with van der Waals surface area (Å²) in [6, 6.07) is 0.680. The van der Waals surface area contributed by atoms with Gasteiger partial charge < -0.3 is 4.74 Å². The van der Waals surface area contributed by atoms with Gasteiger partial charge in [0.15, 0.2) is 0 Å². The monoisotopic (exact) mass is 211 g/mol. The van der Waals surface area contributed by atoms with Crippen LogP contribution in [0.2, 0.25) is 0 Å². The first-order valence-corrected chi connectivity index (χ1v) is 5.64. The van der Waals surface area contributed by atoms with Crippen LogP contribution in [0.3, 0.4) is 0 Å². The molecule has 0 amide bonds. The molecule has 86 valence electrons. The van der Waals surface area contributed by atoms with E-state index in [4.69, 9.17) is 4.74 Å². The Kier molecular flexibility index (Phi) is 4.82. The average molecular weight is 211 g/mol. The molecule has 0 saturated carbocycles. The molecule has 1 aliphatic rings. The zero-order valence-corrected chi connectivity index (χ0v) is 9.74. The third kappa shape index (κ3) is 3.34. The van der Waals surface area contributed by atoms with Crippen molar-refractivity contribution in [2.24, 2.45) is 0 Å². The number of piperidine rings is 1. The third-order valence-corrected chi connectivity index (χ3v) is 3.17. The highest BCUT2D eigenvalue weighted by atomic mass is 16.5. The molecular formula is C12H21NO2. The zero-order chi connectivity index (χ0) is 11.3. The predicted octanol–water partition coefficient (Wildman–Crippen LogP) is 1.98. The van der Waals surface area contributed by atoms with E-state index < -0.39 is 0 Å². The largest absolute Gasteiger partial charge is 0.469 e. The summed E-state index contributed by atoms with van der Waals surface area (Å²) in [7, 11) is 1.45. The molecule has 0 aromatic rings. The van der Waals surface area contributed by atoms with Crippen molar-refractivity contribution in [1.29, 1.82) is 0 Å². The molecule has 0 aliphatic carbocycles. The molecule has 0 N–H and O–H groups in total. The number of hydrogen-bond acceptors (Lipinski definition) is 3. The maximum atomic E-state index is 11.3. The van der Waals surface area contributed by atoms with E-state index in [9.17, 15) is 4.79 Å². The van der Waals surface area contributed by atoms with Gasteiger partial charge in [0.05, 0.1) is 13.5 Å². The molecule has 1 saturated heterocycles. The van der Waals surface area contributed by atoms with Crippen LogP contribution in [0.25, 0.3) is 0 Å². The van der Waals surface area contributed by atoms with Gasteiger partial charge in [0, 0.05) is 12.1 Å². The molecule has 1 rings (SSSR count). The summed E-state index contributed by atoms with van der Waals surface area (Å²) in [6.45, 7) is 7.00. The first-order chi connectivity index (χ1) is 7.19. The first kappa shape index (κ1) is 12.2. The third-order valence-electron chi connectivity index (χ3n) is 3.17. The first-order valence-electron chi connectivity index (χ1n) is 5.64. The van der Waals surface area contributed by atoms with E-state index in [1.807, 2.05) is 6.08 Å². The quantitative estimate of drug-likeness (QED) is 0.526. The highest BCUT2D eigenvalue weighted by molar-refractivity contribution is 5.69. The van der Waals surface area contributed by atoms with E-state index in [2.05, 4.69) is 18.4 Å². The van der Waals surface area contributed by atoms with Gasteiger partial charge in [-0.05, 0) is 26.3 Å². The number of carbonyl (C=O) groups excluding carboxylic acids is 1. The molecule has 0 aromatic heterocycles. The summed E-state index contributed by atoms with van der Waals surface area (Å²) in [6.07, 6.45) is 5.97. The lowest BCUT2D eigenvalue weighted by Gasteiger charge is -2.38. The SMILES string of the molecule is C=CC(C)N1CCCCC1CC(=O)OC. The fourth-order valence-electron chi connectivity index (χ4n) is 2.19. The minimum atomic E-state index is -0.108. The molecule has 0 radical (unpaired) electrons. The topological polar surface area (TPSA) is 29.5 Å². The van der Waals surface area contributed by atoms with Crippen molar-refractivity contribution in [1.82, 2.24) is 4.90 Å². The van der Waals surface area contributed by atoms with Crippen molar-refractivity contribution in [3.8, 4) is 0 Å². The highest BCUT2D eigenvalue weighted by Gasteiger charge is 2.27. The van der Waals surface area contributed by atoms with Crippen molar-refractivity contribution >= 4 is 5.97 Å². The molecule has 1 heterocycles. The number of nitrogens with zero attached hydrogens (tertiary/aromatic N) is 1. The van der Waals surface area contributed by atoms with E-state index in [1.165, 1.54) is 20.0 Å². The van der Waals surface area contributed by atoms with Crippen LogP contribution < -0.4 is 0 Å². The second kappa shape index (κ2) is 5.91. The minimum absolute atomic E-state index is 0.108. The Bertz CT molecular complexity index is 228. The molecule has 0 bridgehead atoms. The highest BCUT2D eigenvalue weighted by Crippen LogP contribution is 2.22. The van der Waals surface area contributed by atoms with Gasteiger partial charge in [0.2, 0.25) is 0 Å². The molecule has 1 aliphatic heterocycles. The number of likely N-dealkylation sites (tertiary alicyclic amines) is 1. The van der Waals surface area contributed by atoms with Crippen LogP contribution in [0, 0.1) is 0 Å². The van der Waals surface area contributed by atoms with Crippen molar-refractivity contribution in [3.05, 3.63) is 12.7 Å². The van der Waals surface area contributed by atoms with Crippen LogP contribution >= 0.6 is 0 Å². The van der Waals surface area contributed by atoms with Crippen molar-refractivity contribution in [2.75, 3.05) is 13.7 Å². The Morgan fingerprint density at radius 3 is 3.00 bits per heavy atom. The van der Waals surface area contributed by atoms with Gasteiger partial charge in [0.1, 0.15) is 0 Å². The fourth-order valence-corrected chi connectivity index (χ4v) is 2.19. The predicted molar refractivity (Wildman–Crippen MR) is 60.6 cm³/mol. The van der Waals surface area contributed by atoms with Gasteiger partial charge in [-0.1, -0.05) is 12.5 Å². The summed E-state index contributed by atoms with van der Waals surface area (Å²) in [5.41, 5.74) is 0. The molecule has 0 spiro atoms. The van der Waals surface area contributed by atoms with Crippen LogP contribution in [0.4, 0.5) is 0 Å². The number of hydrogen-bond donors (Lipinski definition) is 0. The van der Waals surface area contributed by atoms with E-state index in [0.29, 0.717) is 18.5 Å². The Morgan fingerprint density at radius 2 is 2.40 bits per heavy atom. The molecule has 2 unspecified atom stereocenters. The van der Waals surface area contributed by atoms with Crippen LogP contribution in [0.15, 0.2) is 12.7 Å². The number of rotatable bonds is 4. The molecule has 1 fully saturated rings. The van der Waals surface area contributed by atoms with Gasteiger partial charge in [-0.15, -0.1) is 6.58 Å². The Morgan fingerprint density at radius 1 is 1.67 bits per heavy atom. The zero-order valence-electron chi connectivity index (χ0n) is 9.74. The molecule has 2 atom stereocenters. The summed E-state index contributed by atoms with van der Waals surface area (Å²) in [4.78, 5) is 13.6. The van der Waals surface area contributed by atoms with Crippen LogP contribution in [0.1, 0.15) is 32.6 Å². The number of methoxy groups -OCH3 is 1. The van der Waals surface area contributed by atoms with E-state index in [-0.39, 0.29) is 5.97 Å². The van der Waals surface area contributed by atoms with Crippen molar-refractivity contribution in [3.63, 3.8) is 0 Å². The molecular weight excluding hydrogens is 190 g/mol. The summed E-state index contributed by atoms with van der Waals surface area (Å²) in [5, 5.41) is 0. The lowest BCUT2D eigenvalue weighted by atomic mass is 9.97. The maximum absolute atomic E-state index is 11.3. The van der Waals surface area contributed by atoms with Gasteiger partial charge >= 0.3 is 5.97 Å².